The van der Waals surface area contributed by atoms with Gasteiger partial charge in [0.25, 0.3) is 5.91 Å². The van der Waals surface area contributed by atoms with Gasteiger partial charge in [0.15, 0.2) is 0 Å². The molecule has 4 rings (SSSR count). The molecule has 8 heteroatoms. The molecule has 1 aliphatic rings. The Balaban J connectivity index is 1.87. The van der Waals surface area contributed by atoms with Crippen LogP contribution in [0.25, 0.3) is 22.8 Å². The van der Waals surface area contributed by atoms with Gasteiger partial charge in [-0.2, -0.15) is 0 Å². The number of fused-ring (bicyclic) bond motifs is 1. The smallest absolute Gasteiger partial charge is 0.355 e. The third kappa shape index (κ3) is 4.27. The fraction of sp³-hybridized carbons (Fsp3) is 0.200. The predicted octanol–water partition coefficient (Wildman–Crippen LogP) is 4.07. The molecule has 0 bridgehead atoms. The first-order valence-electron chi connectivity index (χ1n) is 10.6. The van der Waals surface area contributed by atoms with Gasteiger partial charge in [-0.1, -0.05) is 12.1 Å². The number of aromatic nitrogens is 2. The molecule has 1 amide bonds. The van der Waals surface area contributed by atoms with Gasteiger partial charge in [-0.25, -0.2) is 4.79 Å². The van der Waals surface area contributed by atoms with Gasteiger partial charge in [0.2, 0.25) is 0 Å². The van der Waals surface area contributed by atoms with Crippen LogP contribution in [0.2, 0.25) is 0 Å². The number of rotatable bonds is 7. The van der Waals surface area contributed by atoms with Crippen molar-refractivity contribution < 1.29 is 24.2 Å². The number of esters is 1. The van der Waals surface area contributed by atoms with Crippen molar-refractivity contribution in [3.8, 4) is 11.1 Å². The average Bonchev–Trinajstić information content (AvgIpc) is 3.29. The van der Waals surface area contributed by atoms with Crippen molar-refractivity contribution in [1.29, 1.82) is 0 Å². The van der Waals surface area contributed by atoms with E-state index in [0.717, 1.165) is 16.7 Å². The summed E-state index contributed by atoms with van der Waals surface area (Å²) in [7, 11) is 0. The Morgan fingerprint density at radius 3 is 2.64 bits per heavy atom. The van der Waals surface area contributed by atoms with E-state index in [1.54, 1.807) is 32.3 Å². The second-order valence-electron chi connectivity index (χ2n) is 7.61. The van der Waals surface area contributed by atoms with E-state index in [1.807, 2.05) is 30.3 Å². The molecular weight excluding hydrogens is 422 g/mol. The summed E-state index contributed by atoms with van der Waals surface area (Å²) in [6, 6.07) is 9.36. The van der Waals surface area contributed by atoms with Crippen LogP contribution in [0.4, 0.5) is 5.69 Å². The summed E-state index contributed by atoms with van der Waals surface area (Å²) in [5, 5.41) is 12.1. The average molecular weight is 445 g/mol. The number of benzene rings is 1. The number of carbonyl (C=O) groups is 3. The van der Waals surface area contributed by atoms with Crippen LogP contribution in [-0.4, -0.2) is 39.5 Å². The largest absolute Gasteiger partial charge is 0.481 e. The van der Waals surface area contributed by atoms with Crippen LogP contribution in [0.5, 0.6) is 0 Å². The molecule has 0 aliphatic carbocycles. The molecule has 33 heavy (non-hydrogen) atoms. The normalized spacial score (nSPS) is 13.6. The first-order valence-corrected chi connectivity index (χ1v) is 10.6. The number of carboxylic acids is 1. The van der Waals surface area contributed by atoms with Gasteiger partial charge in [-0.15, -0.1) is 0 Å². The lowest BCUT2D eigenvalue weighted by atomic mass is 9.94. The van der Waals surface area contributed by atoms with Crippen molar-refractivity contribution in [2.45, 2.75) is 26.7 Å². The topological polar surface area (TPSA) is 121 Å². The van der Waals surface area contributed by atoms with Crippen molar-refractivity contribution in [2.24, 2.45) is 0 Å². The van der Waals surface area contributed by atoms with E-state index in [9.17, 15) is 19.5 Å². The summed E-state index contributed by atoms with van der Waals surface area (Å²) in [5.74, 6) is -1.75. The van der Waals surface area contributed by atoms with Crippen LogP contribution in [0, 0.1) is 6.92 Å². The molecule has 0 unspecified atom stereocenters. The molecule has 168 valence electrons. The third-order valence-electron chi connectivity index (χ3n) is 5.59. The molecule has 3 aromatic rings. The third-order valence-corrected chi connectivity index (χ3v) is 5.59. The standard InChI is InChI=1S/C25H23N3O5/c1-3-33-25(32)23-14(2)16(7-8-21(29)30)20(27-23)13-18-22-17(15-9-11-26-12-10-15)5-4-6-19(22)28-24(18)31/h4-6,9-13,27H,3,7-8H2,1-2H3,(H,28,31)(H,29,30)/b18-13-. The number of carboxylic acid groups (broad SMARTS) is 1. The predicted molar refractivity (Wildman–Crippen MR) is 124 cm³/mol. The van der Waals surface area contributed by atoms with Gasteiger partial charge in [0.1, 0.15) is 5.69 Å². The van der Waals surface area contributed by atoms with Crippen molar-refractivity contribution >= 4 is 35.2 Å². The molecule has 0 spiro atoms. The Morgan fingerprint density at radius 2 is 1.94 bits per heavy atom. The zero-order valence-corrected chi connectivity index (χ0v) is 18.3. The lowest BCUT2D eigenvalue weighted by Gasteiger charge is -2.08. The lowest BCUT2D eigenvalue weighted by molar-refractivity contribution is -0.137. The molecule has 0 fully saturated rings. The summed E-state index contributed by atoms with van der Waals surface area (Å²) in [5.41, 5.74) is 5.66. The minimum Gasteiger partial charge on any atom is -0.481 e. The second-order valence-corrected chi connectivity index (χ2v) is 7.61. The Labute approximate surface area is 190 Å². The van der Waals surface area contributed by atoms with Gasteiger partial charge in [-0.05, 0) is 66.8 Å². The summed E-state index contributed by atoms with van der Waals surface area (Å²) >= 11 is 0. The number of hydrogen-bond acceptors (Lipinski definition) is 5. The van der Waals surface area contributed by atoms with Gasteiger partial charge < -0.3 is 20.1 Å². The maximum Gasteiger partial charge on any atom is 0.355 e. The van der Waals surface area contributed by atoms with E-state index < -0.39 is 11.9 Å². The molecule has 1 aliphatic heterocycles. The highest BCUT2D eigenvalue weighted by Crippen LogP contribution is 2.40. The highest BCUT2D eigenvalue weighted by atomic mass is 16.5. The van der Waals surface area contributed by atoms with E-state index in [1.165, 1.54) is 0 Å². The SMILES string of the molecule is CCOC(=O)c1[nH]c(/C=C2\C(=O)Nc3cccc(-c4ccncc4)c32)c(CCC(=O)O)c1C. The van der Waals surface area contributed by atoms with Crippen molar-refractivity contribution in [1.82, 2.24) is 9.97 Å². The number of nitrogens with one attached hydrogen (secondary N) is 2. The van der Waals surface area contributed by atoms with Crippen LogP contribution >= 0.6 is 0 Å². The molecule has 0 radical (unpaired) electrons. The fourth-order valence-corrected chi connectivity index (χ4v) is 4.05. The van der Waals surface area contributed by atoms with E-state index in [4.69, 9.17) is 4.74 Å². The maximum absolute atomic E-state index is 12.9. The van der Waals surface area contributed by atoms with Gasteiger partial charge >= 0.3 is 11.9 Å². The van der Waals surface area contributed by atoms with Gasteiger partial charge in [0.05, 0.1) is 12.2 Å². The molecular formula is C25H23N3O5. The number of aromatic amines is 1. The number of amides is 1. The Morgan fingerprint density at radius 1 is 1.18 bits per heavy atom. The van der Waals surface area contributed by atoms with Crippen LogP contribution in [-0.2, 0) is 20.7 Å². The number of carbonyl (C=O) groups excluding carboxylic acids is 2. The monoisotopic (exact) mass is 445 g/mol. The van der Waals surface area contributed by atoms with Crippen molar-refractivity contribution in [3.05, 3.63) is 70.8 Å². The summed E-state index contributed by atoms with van der Waals surface area (Å²) in [6.07, 6.45) is 5.15. The number of aliphatic carboxylic acids is 1. The van der Waals surface area contributed by atoms with Crippen LogP contribution in [0.1, 0.15) is 46.2 Å². The van der Waals surface area contributed by atoms with Crippen LogP contribution in [0.3, 0.4) is 0 Å². The van der Waals surface area contributed by atoms with E-state index in [-0.39, 0.29) is 31.0 Å². The quantitative estimate of drug-likeness (QED) is 0.372. The van der Waals surface area contributed by atoms with Crippen LogP contribution < -0.4 is 5.32 Å². The molecule has 0 saturated heterocycles. The van der Waals surface area contributed by atoms with Gasteiger partial charge in [0, 0.05) is 35.8 Å². The number of ether oxygens (including phenoxy) is 1. The lowest BCUT2D eigenvalue weighted by Crippen LogP contribution is -2.07. The number of pyridine rings is 1. The molecule has 1 aromatic carbocycles. The van der Waals surface area contributed by atoms with E-state index in [0.29, 0.717) is 28.1 Å². The molecule has 2 aromatic heterocycles. The molecule has 0 saturated carbocycles. The minimum atomic E-state index is -0.948. The summed E-state index contributed by atoms with van der Waals surface area (Å²) in [4.78, 5) is 43.7. The Hall–Kier alpha value is -4.20. The number of nitrogens with zero attached hydrogens (tertiary/aromatic N) is 1. The number of hydrogen-bond donors (Lipinski definition) is 3. The van der Waals surface area contributed by atoms with Crippen molar-refractivity contribution in [2.75, 3.05) is 11.9 Å². The number of H-pyrrole nitrogens is 1. The highest BCUT2D eigenvalue weighted by Gasteiger charge is 2.29. The number of anilines is 1. The fourth-order valence-electron chi connectivity index (χ4n) is 4.05. The first kappa shape index (κ1) is 22.0. The van der Waals surface area contributed by atoms with E-state index in [2.05, 4.69) is 15.3 Å². The highest BCUT2D eigenvalue weighted by molar-refractivity contribution is 6.36. The second kappa shape index (κ2) is 9.12. The van der Waals surface area contributed by atoms with Crippen molar-refractivity contribution in [3.63, 3.8) is 0 Å². The minimum absolute atomic E-state index is 0.109. The molecule has 3 N–H and O–H groups in total. The molecule has 8 nitrogen and oxygen atoms in total. The zero-order valence-electron chi connectivity index (χ0n) is 18.3. The molecule has 0 atom stereocenters. The van der Waals surface area contributed by atoms with Gasteiger partial charge in [-0.3, -0.25) is 14.6 Å². The summed E-state index contributed by atoms with van der Waals surface area (Å²) < 4.78 is 5.13. The summed E-state index contributed by atoms with van der Waals surface area (Å²) in [6.45, 7) is 3.67. The molecule has 3 heterocycles. The maximum atomic E-state index is 12.9. The van der Waals surface area contributed by atoms with E-state index >= 15 is 0 Å². The Bertz CT molecular complexity index is 1270. The first-order chi connectivity index (χ1) is 15.9. The zero-order chi connectivity index (χ0) is 23.5. The van der Waals surface area contributed by atoms with Crippen LogP contribution in [0.15, 0.2) is 42.7 Å². The Kier molecular flexibility index (Phi) is 6.08.